The lowest BCUT2D eigenvalue weighted by atomic mass is 9.93. The molecule has 27 heavy (non-hydrogen) atoms. The van der Waals surface area contributed by atoms with Crippen molar-refractivity contribution in [2.75, 3.05) is 24.6 Å². The number of aryl methyl sites for hydroxylation is 1. The Hall–Kier alpha value is -2.99. The van der Waals surface area contributed by atoms with Crippen LogP contribution in [0, 0.1) is 10.1 Å². The van der Waals surface area contributed by atoms with Gasteiger partial charge in [-0.15, -0.1) is 0 Å². The SMILES string of the molecule is O=[N+]([O-])c1ccc2nc(N3CCOC4(CCc5ccccc54)C3)ccc2c1. The fourth-order valence-corrected chi connectivity index (χ4v) is 4.34. The minimum atomic E-state index is -0.378. The molecule has 2 aromatic carbocycles. The third-order valence-electron chi connectivity index (χ3n) is 5.69. The largest absolute Gasteiger partial charge is 0.367 e. The molecule has 1 unspecified atom stereocenters. The summed E-state index contributed by atoms with van der Waals surface area (Å²) in [5.74, 6) is 0.892. The molecule has 0 amide bonds. The van der Waals surface area contributed by atoms with Crippen molar-refractivity contribution in [3.63, 3.8) is 0 Å². The van der Waals surface area contributed by atoms with Gasteiger partial charge in [-0.2, -0.15) is 0 Å². The lowest BCUT2D eigenvalue weighted by Crippen LogP contribution is -2.49. The number of benzene rings is 2. The van der Waals surface area contributed by atoms with Crippen LogP contribution in [0.25, 0.3) is 10.9 Å². The molecular weight excluding hydrogens is 342 g/mol. The van der Waals surface area contributed by atoms with Crippen molar-refractivity contribution in [3.05, 3.63) is 75.8 Å². The van der Waals surface area contributed by atoms with Crippen LogP contribution in [0.5, 0.6) is 0 Å². The van der Waals surface area contributed by atoms with E-state index in [1.54, 1.807) is 12.1 Å². The van der Waals surface area contributed by atoms with E-state index in [2.05, 4.69) is 29.2 Å². The van der Waals surface area contributed by atoms with E-state index in [1.807, 2.05) is 12.1 Å². The summed E-state index contributed by atoms with van der Waals surface area (Å²) in [5.41, 5.74) is 3.26. The van der Waals surface area contributed by atoms with Crippen LogP contribution < -0.4 is 4.90 Å². The van der Waals surface area contributed by atoms with Gasteiger partial charge in [-0.3, -0.25) is 10.1 Å². The van der Waals surface area contributed by atoms with E-state index in [1.165, 1.54) is 17.2 Å². The average Bonchev–Trinajstić information content (AvgIpc) is 3.05. The molecule has 0 saturated carbocycles. The number of aromatic nitrogens is 1. The van der Waals surface area contributed by atoms with Crippen LogP contribution in [-0.4, -0.2) is 29.6 Å². The second-order valence-corrected chi connectivity index (χ2v) is 7.23. The summed E-state index contributed by atoms with van der Waals surface area (Å²) >= 11 is 0. The van der Waals surface area contributed by atoms with E-state index in [9.17, 15) is 10.1 Å². The summed E-state index contributed by atoms with van der Waals surface area (Å²) in [5, 5.41) is 11.7. The maximum absolute atomic E-state index is 11.0. The Balaban J connectivity index is 1.48. The normalized spacial score (nSPS) is 21.6. The minimum absolute atomic E-state index is 0.0879. The molecule has 5 rings (SSSR count). The zero-order valence-electron chi connectivity index (χ0n) is 14.8. The number of nitro groups is 1. The zero-order valence-corrected chi connectivity index (χ0v) is 14.8. The summed E-state index contributed by atoms with van der Waals surface area (Å²) < 4.78 is 6.29. The van der Waals surface area contributed by atoms with E-state index in [0.717, 1.165) is 42.7 Å². The van der Waals surface area contributed by atoms with E-state index in [0.29, 0.717) is 6.61 Å². The number of anilines is 1. The fourth-order valence-electron chi connectivity index (χ4n) is 4.34. The Morgan fingerprint density at radius 3 is 2.93 bits per heavy atom. The van der Waals surface area contributed by atoms with Crippen LogP contribution in [0.2, 0.25) is 0 Å². The molecule has 2 heterocycles. The summed E-state index contributed by atoms with van der Waals surface area (Å²) in [7, 11) is 0. The number of nitrogens with zero attached hydrogens (tertiary/aromatic N) is 3. The van der Waals surface area contributed by atoms with Crippen molar-refractivity contribution in [1.29, 1.82) is 0 Å². The lowest BCUT2D eigenvalue weighted by molar-refractivity contribution is -0.384. The van der Waals surface area contributed by atoms with Gasteiger partial charge in [0.2, 0.25) is 0 Å². The molecule has 6 nitrogen and oxygen atoms in total. The van der Waals surface area contributed by atoms with E-state index in [-0.39, 0.29) is 16.2 Å². The highest BCUT2D eigenvalue weighted by atomic mass is 16.6. The van der Waals surface area contributed by atoms with Crippen LogP contribution in [0.1, 0.15) is 17.5 Å². The van der Waals surface area contributed by atoms with Crippen molar-refractivity contribution in [3.8, 4) is 0 Å². The second-order valence-electron chi connectivity index (χ2n) is 7.23. The number of hydrogen-bond donors (Lipinski definition) is 0. The summed E-state index contributed by atoms with van der Waals surface area (Å²) in [6.07, 6.45) is 2.03. The standard InChI is InChI=1S/C21H19N3O3/c25-24(26)17-6-7-19-16(13-17)5-8-20(22-19)23-11-12-27-21(14-23)10-9-15-3-1-2-4-18(15)21/h1-8,13H,9-12,14H2. The van der Waals surface area contributed by atoms with Crippen molar-refractivity contribution >= 4 is 22.4 Å². The van der Waals surface area contributed by atoms with Gasteiger partial charge in [0, 0.05) is 24.1 Å². The molecule has 0 bridgehead atoms. The Bertz CT molecular complexity index is 1050. The molecule has 2 aliphatic rings. The Labute approximate surface area is 156 Å². The molecule has 1 spiro atoms. The Kier molecular flexibility index (Phi) is 3.62. The first kappa shape index (κ1) is 16.2. The second kappa shape index (κ2) is 6.03. The molecule has 3 aromatic rings. The highest BCUT2D eigenvalue weighted by molar-refractivity contribution is 5.82. The van der Waals surface area contributed by atoms with Crippen molar-refractivity contribution in [2.45, 2.75) is 18.4 Å². The predicted octanol–water partition coefficient (Wildman–Crippen LogP) is 3.82. The number of rotatable bonds is 2. The summed E-state index contributed by atoms with van der Waals surface area (Å²) in [6.45, 7) is 2.22. The molecule has 6 heteroatoms. The van der Waals surface area contributed by atoms with Gasteiger partial charge < -0.3 is 9.64 Å². The first-order valence-electron chi connectivity index (χ1n) is 9.17. The fraction of sp³-hybridized carbons (Fsp3) is 0.286. The van der Waals surface area contributed by atoms with Crippen LogP contribution >= 0.6 is 0 Å². The summed E-state index contributed by atoms with van der Waals surface area (Å²) in [4.78, 5) is 17.6. The maximum atomic E-state index is 11.0. The van der Waals surface area contributed by atoms with Gasteiger partial charge >= 0.3 is 0 Å². The number of morpholine rings is 1. The van der Waals surface area contributed by atoms with Crippen LogP contribution in [0.4, 0.5) is 11.5 Å². The van der Waals surface area contributed by atoms with Crippen LogP contribution in [0.3, 0.4) is 0 Å². The van der Waals surface area contributed by atoms with Gasteiger partial charge in [-0.1, -0.05) is 24.3 Å². The van der Waals surface area contributed by atoms with Crippen molar-refractivity contribution < 1.29 is 9.66 Å². The molecule has 0 radical (unpaired) electrons. The highest BCUT2D eigenvalue weighted by Crippen LogP contribution is 2.42. The van der Waals surface area contributed by atoms with E-state index < -0.39 is 0 Å². The molecule has 1 atom stereocenters. The minimum Gasteiger partial charge on any atom is -0.367 e. The Morgan fingerprint density at radius 1 is 1.15 bits per heavy atom. The number of fused-ring (bicyclic) bond motifs is 3. The zero-order chi connectivity index (χ0) is 18.4. The molecule has 1 fully saturated rings. The highest BCUT2D eigenvalue weighted by Gasteiger charge is 2.43. The van der Waals surface area contributed by atoms with E-state index >= 15 is 0 Å². The van der Waals surface area contributed by atoms with Crippen molar-refractivity contribution in [2.24, 2.45) is 0 Å². The van der Waals surface area contributed by atoms with Gasteiger partial charge in [-0.25, -0.2) is 4.98 Å². The number of non-ortho nitro benzene ring substituents is 1. The van der Waals surface area contributed by atoms with Gasteiger partial charge in [0.1, 0.15) is 11.4 Å². The van der Waals surface area contributed by atoms with Crippen molar-refractivity contribution in [1.82, 2.24) is 4.98 Å². The first-order valence-corrected chi connectivity index (χ1v) is 9.17. The lowest BCUT2D eigenvalue weighted by Gasteiger charge is -2.41. The molecule has 1 aromatic heterocycles. The maximum Gasteiger partial charge on any atom is 0.270 e. The number of ether oxygens (including phenoxy) is 1. The van der Waals surface area contributed by atoms with Crippen LogP contribution in [-0.2, 0) is 16.8 Å². The summed E-state index contributed by atoms with van der Waals surface area (Å²) in [6, 6.07) is 17.2. The smallest absolute Gasteiger partial charge is 0.270 e. The van der Waals surface area contributed by atoms with Gasteiger partial charge in [0.05, 0.1) is 23.6 Å². The average molecular weight is 361 g/mol. The molecule has 1 aliphatic heterocycles. The topological polar surface area (TPSA) is 68.5 Å². The molecule has 136 valence electrons. The molecule has 1 saturated heterocycles. The Morgan fingerprint density at radius 2 is 2.04 bits per heavy atom. The van der Waals surface area contributed by atoms with E-state index in [4.69, 9.17) is 9.72 Å². The van der Waals surface area contributed by atoms with Crippen LogP contribution in [0.15, 0.2) is 54.6 Å². The number of pyridine rings is 1. The third-order valence-corrected chi connectivity index (χ3v) is 5.69. The molecule has 1 aliphatic carbocycles. The molecular formula is C21H19N3O3. The van der Waals surface area contributed by atoms with Gasteiger partial charge in [0.25, 0.3) is 5.69 Å². The quantitative estimate of drug-likeness (QED) is 0.513. The monoisotopic (exact) mass is 361 g/mol. The predicted molar refractivity (Wildman–Crippen MR) is 103 cm³/mol. The third kappa shape index (κ3) is 2.64. The number of hydrogen-bond acceptors (Lipinski definition) is 5. The van der Waals surface area contributed by atoms with Gasteiger partial charge in [0.15, 0.2) is 0 Å². The first-order chi connectivity index (χ1) is 13.1. The molecule has 0 N–H and O–H groups in total. The van der Waals surface area contributed by atoms with Gasteiger partial charge in [-0.05, 0) is 42.2 Å². The number of nitro benzene ring substituents is 1.